The second-order valence-electron chi connectivity index (χ2n) is 19.9. The van der Waals surface area contributed by atoms with E-state index in [1.807, 2.05) is 76.2 Å². The summed E-state index contributed by atoms with van der Waals surface area (Å²) in [6.45, 7) is 25.3. The topological polar surface area (TPSA) is 227 Å². The molecule has 20 heteroatoms. The molecule has 410 valence electrons. The van der Waals surface area contributed by atoms with Gasteiger partial charge in [0.15, 0.2) is 0 Å². The molecule has 4 aliphatic heterocycles. The molecule has 78 heavy (non-hydrogen) atoms. The number of benzene rings is 2. The molecule has 0 aliphatic carbocycles. The molecule has 0 radical (unpaired) electrons. The van der Waals surface area contributed by atoms with Crippen LogP contribution in [-0.2, 0) is 68.1 Å². The van der Waals surface area contributed by atoms with Crippen LogP contribution in [0.1, 0.15) is 66.5 Å². The number of barbiturate groups is 2. The summed E-state index contributed by atoms with van der Waals surface area (Å²) in [5, 5.41) is 0. The van der Waals surface area contributed by atoms with Crippen LogP contribution in [0.3, 0.4) is 0 Å². The van der Waals surface area contributed by atoms with E-state index in [0.717, 1.165) is 42.1 Å². The Morgan fingerprint density at radius 3 is 0.923 bits per heavy atom. The van der Waals surface area contributed by atoms with Gasteiger partial charge in [-0.2, -0.15) is 0 Å². The quantitative estimate of drug-likeness (QED) is 0.0582. The minimum absolute atomic E-state index is 0.0999. The second kappa shape index (κ2) is 23.9. The SMILES string of the molecule is C=C(C)C(=O)OCCN1C(=O)C(=C/C=C2/N(CCN3/C(=C/C=C4C(=O)N(CCOC(=O)C(=C)C)C(=O)N(CCOC(=O)C(=C)C)C4=O)C(C)(C)c4ccccc43)c3ccccc3C2(C)C)C(=O)N(CCOC(=O)C(=C)C)C1=O. The number of carbonyl (C=O) groups excluding carboxylic acids is 10. The zero-order chi connectivity index (χ0) is 57.6. The highest BCUT2D eigenvalue weighted by atomic mass is 16.5. The van der Waals surface area contributed by atoms with Gasteiger partial charge < -0.3 is 28.7 Å². The first kappa shape index (κ1) is 58.3. The zero-order valence-corrected chi connectivity index (χ0v) is 45.2. The third-order valence-corrected chi connectivity index (χ3v) is 13.4. The van der Waals surface area contributed by atoms with E-state index < -0.39 is 123 Å². The lowest BCUT2D eigenvalue weighted by Gasteiger charge is -2.34. The standard InChI is InChI=1S/C58H64N6O14/c1-35(2)51(69)75-31-27-61-47(65)39(48(66)62(55(61)73)28-32-76-52(70)36(3)4)21-23-45-57(9,10)41-17-13-15-19-43(41)59(45)25-26-60-44-20-16-14-18-42(44)58(11,12)46(60)24-22-40-49(67)63(29-33-77-53(71)37(5)6)56(74)64(50(40)68)30-34-78-54(72)38(7)8/h13-24H,1,3,5,7,25-34H2,2,4,6,8-12H3/b45-23+,46-24+. The summed E-state index contributed by atoms with van der Waals surface area (Å²) in [5.74, 6) is -6.72. The van der Waals surface area contributed by atoms with E-state index >= 15 is 0 Å². The van der Waals surface area contributed by atoms with Crippen LogP contribution in [0.2, 0.25) is 0 Å². The van der Waals surface area contributed by atoms with Crippen molar-refractivity contribution < 1.29 is 66.9 Å². The first-order valence-electron chi connectivity index (χ1n) is 25.0. The maximum atomic E-state index is 14.2. The Kier molecular flexibility index (Phi) is 17.9. The first-order valence-corrected chi connectivity index (χ1v) is 25.0. The zero-order valence-electron chi connectivity index (χ0n) is 45.2. The number of urea groups is 2. The molecule has 8 amide bonds. The van der Waals surface area contributed by atoms with Gasteiger partial charge in [0.2, 0.25) is 0 Å². The molecule has 0 aromatic heterocycles. The number of carbonyl (C=O) groups is 10. The van der Waals surface area contributed by atoms with Gasteiger partial charge in [-0.1, -0.05) is 90.4 Å². The Bertz CT molecular complexity index is 2770. The molecule has 6 rings (SSSR count). The van der Waals surface area contributed by atoms with E-state index in [0.29, 0.717) is 11.4 Å². The van der Waals surface area contributed by atoms with Crippen LogP contribution >= 0.6 is 0 Å². The van der Waals surface area contributed by atoms with Crippen molar-refractivity contribution in [2.24, 2.45) is 0 Å². The largest absolute Gasteiger partial charge is 0.460 e. The molecule has 0 bridgehead atoms. The Labute approximate surface area is 452 Å². The van der Waals surface area contributed by atoms with Crippen LogP contribution in [-0.4, -0.2) is 145 Å². The van der Waals surface area contributed by atoms with Gasteiger partial charge in [0.05, 0.1) is 26.2 Å². The molecular weight excluding hydrogens is 1000 g/mol. The number of esters is 4. The van der Waals surface area contributed by atoms with Crippen LogP contribution in [0.5, 0.6) is 0 Å². The molecule has 2 fully saturated rings. The van der Waals surface area contributed by atoms with E-state index in [1.54, 1.807) is 12.2 Å². The van der Waals surface area contributed by atoms with E-state index in [-0.39, 0.29) is 46.5 Å². The van der Waals surface area contributed by atoms with Crippen LogP contribution < -0.4 is 9.80 Å². The van der Waals surface area contributed by atoms with E-state index in [2.05, 4.69) is 36.1 Å². The molecule has 0 unspecified atom stereocenters. The number of hydrogen-bond acceptors (Lipinski definition) is 16. The third-order valence-electron chi connectivity index (χ3n) is 13.4. The fourth-order valence-corrected chi connectivity index (χ4v) is 9.18. The Morgan fingerprint density at radius 2 is 0.667 bits per heavy atom. The highest BCUT2D eigenvalue weighted by Crippen LogP contribution is 2.50. The Morgan fingerprint density at radius 1 is 0.410 bits per heavy atom. The molecule has 2 aromatic carbocycles. The minimum atomic E-state index is -1.00. The number of imide groups is 4. The predicted molar refractivity (Wildman–Crippen MR) is 287 cm³/mol. The maximum absolute atomic E-state index is 14.2. The lowest BCUT2D eigenvalue weighted by atomic mass is 9.83. The van der Waals surface area contributed by atoms with Crippen molar-refractivity contribution in [2.45, 2.75) is 66.2 Å². The van der Waals surface area contributed by atoms with E-state index in [4.69, 9.17) is 18.9 Å². The number of anilines is 2. The summed E-state index contributed by atoms with van der Waals surface area (Å²) in [7, 11) is 0. The lowest BCUT2D eigenvalue weighted by Crippen LogP contribution is -2.57. The highest BCUT2D eigenvalue weighted by molar-refractivity contribution is 6.29. The molecule has 0 spiro atoms. The Balaban J connectivity index is 1.38. The average Bonchev–Trinajstić information content (AvgIpc) is 3.85. The van der Waals surface area contributed by atoms with Crippen molar-refractivity contribution in [3.63, 3.8) is 0 Å². The third kappa shape index (κ3) is 12.0. The summed E-state index contributed by atoms with van der Waals surface area (Å²) in [6, 6.07) is 13.4. The number of rotatable bonds is 21. The molecule has 4 aliphatic rings. The van der Waals surface area contributed by atoms with E-state index in [1.165, 1.54) is 39.8 Å². The van der Waals surface area contributed by atoms with Gasteiger partial charge in [-0.25, -0.2) is 28.8 Å². The van der Waals surface area contributed by atoms with Gasteiger partial charge in [0.1, 0.15) is 37.6 Å². The highest BCUT2D eigenvalue weighted by Gasteiger charge is 2.46. The summed E-state index contributed by atoms with van der Waals surface area (Å²) in [6.07, 6.45) is 6.01. The fraction of sp³-hybridized carbons (Fsp3) is 0.345. The number of amides is 8. The van der Waals surface area contributed by atoms with Crippen molar-refractivity contribution in [3.8, 4) is 0 Å². The second-order valence-corrected chi connectivity index (χ2v) is 19.9. The smallest absolute Gasteiger partial charge is 0.334 e. The summed E-state index contributed by atoms with van der Waals surface area (Å²) >= 11 is 0. The first-order chi connectivity index (χ1) is 36.7. The molecule has 20 nitrogen and oxygen atoms in total. The van der Waals surface area contributed by atoms with Crippen molar-refractivity contribution in [1.29, 1.82) is 0 Å². The fourth-order valence-electron chi connectivity index (χ4n) is 9.18. The lowest BCUT2D eigenvalue weighted by molar-refractivity contribution is -0.144. The molecule has 0 saturated carbocycles. The number of nitrogens with zero attached hydrogens (tertiary/aromatic N) is 6. The van der Waals surface area contributed by atoms with Crippen LogP contribution in [0.25, 0.3) is 0 Å². The monoisotopic (exact) mass is 1070 g/mol. The maximum Gasteiger partial charge on any atom is 0.334 e. The van der Waals surface area contributed by atoms with E-state index in [9.17, 15) is 47.9 Å². The number of para-hydroxylation sites is 2. The molecule has 0 N–H and O–H groups in total. The normalized spacial score (nSPS) is 17.6. The van der Waals surface area contributed by atoms with Crippen molar-refractivity contribution in [2.75, 3.05) is 75.5 Å². The number of hydrogen-bond donors (Lipinski definition) is 0. The minimum Gasteiger partial charge on any atom is -0.460 e. The molecule has 4 heterocycles. The number of ether oxygens (including phenoxy) is 4. The van der Waals surface area contributed by atoms with Crippen LogP contribution in [0.15, 0.2) is 144 Å². The Hall–Kier alpha value is -8.94. The van der Waals surface area contributed by atoms with Crippen LogP contribution in [0, 0.1) is 0 Å². The van der Waals surface area contributed by atoms with Gasteiger partial charge in [-0.3, -0.25) is 38.8 Å². The summed E-state index contributed by atoms with van der Waals surface area (Å²) < 4.78 is 20.8. The van der Waals surface area contributed by atoms with Crippen LogP contribution in [0.4, 0.5) is 21.0 Å². The van der Waals surface area contributed by atoms with Gasteiger partial charge in [0.25, 0.3) is 23.6 Å². The number of allylic oxidation sites excluding steroid dienone is 6. The van der Waals surface area contributed by atoms with Gasteiger partial charge in [0, 0.05) is 69.0 Å². The molecule has 2 saturated heterocycles. The van der Waals surface area contributed by atoms with Gasteiger partial charge in [-0.15, -0.1) is 0 Å². The number of fused-ring (bicyclic) bond motifs is 2. The average molecular weight is 1070 g/mol. The molecule has 0 atom stereocenters. The molecular formula is C58H64N6O14. The van der Waals surface area contributed by atoms with Crippen molar-refractivity contribution in [3.05, 3.63) is 155 Å². The van der Waals surface area contributed by atoms with Gasteiger partial charge in [-0.05, 0) is 75.3 Å². The van der Waals surface area contributed by atoms with Gasteiger partial charge >= 0.3 is 35.9 Å². The summed E-state index contributed by atoms with van der Waals surface area (Å²) in [5.41, 5.74) is 3.03. The predicted octanol–water partition coefficient (Wildman–Crippen LogP) is 6.26. The summed E-state index contributed by atoms with van der Waals surface area (Å²) in [4.78, 5) is 140. The molecule has 2 aromatic rings. The van der Waals surface area contributed by atoms with Crippen molar-refractivity contribution >= 4 is 70.9 Å². The van der Waals surface area contributed by atoms with Crippen molar-refractivity contribution in [1.82, 2.24) is 19.6 Å².